The number of halogens is 3. The monoisotopic (exact) mass is 467 g/mol. The number of hydrogen-bond acceptors (Lipinski definition) is 4. The minimum absolute atomic E-state index is 0.127. The van der Waals surface area contributed by atoms with Gasteiger partial charge in [-0.15, -0.1) is 11.3 Å². The first-order valence-corrected chi connectivity index (χ1v) is 11.1. The third-order valence-corrected chi connectivity index (χ3v) is 6.17. The van der Waals surface area contributed by atoms with Gasteiger partial charge in [0.1, 0.15) is 6.04 Å². The normalized spacial score (nSPS) is 15.6. The maximum Gasteiger partial charge on any atom is 0.416 e. The Kier molecular flexibility index (Phi) is 7.22. The van der Waals surface area contributed by atoms with Crippen LogP contribution in [0.25, 0.3) is 0 Å². The fourth-order valence-electron chi connectivity index (χ4n) is 3.44. The second-order valence-corrected chi connectivity index (χ2v) is 8.81. The van der Waals surface area contributed by atoms with Gasteiger partial charge in [-0.2, -0.15) is 13.2 Å². The lowest BCUT2D eigenvalue weighted by atomic mass is 10.0. The van der Waals surface area contributed by atoms with Crippen LogP contribution in [0.15, 0.2) is 41.8 Å². The van der Waals surface area contributed by atoms with E-state index in [2.05, 4.69) is 5.32 Å². The van der Waals surface area contributed by atoms with Crippen LogP contribution in [-0.4, -0.2) is 59.7 Å². The second kappa shape index (κ2) is 9.72. The number of amides is 3. The quantitative estimate of drug-likeness (QED) is 0.732. The molecule has 32 heavy (non-hydrogen) atoms. The number of hydrogen-bond donors (Lipinski definition) is 1. The van der Waals surface area contributed by atoms with Crippen LogP contribution in [0.2, 0.25) is 0 Å². The molecule has 6 nitrogen and oxygen atoms in total. The molecule has 1 saturated heterocycles. The van der Waals surface area contributed by atoms with E-state index in [1.807, 2.05) is 13.8 Å². The maximum atomic E-state index is 13.0. The Morgan fingerprint density at radius 3 is 2.06 bits per heavy atom. The molecular formula is C22H24F3N3O3S. The van der Waals surface area contributed by atoms with Crippen LogP contribution in [0, 0.1) is 5.92 Å². The van der Waals surface area contributed by atoms with Gasteiger partial charge in [-0.1, -0.05) is 19.9 Å². The smallest absolute Gasteiger partial charge is 0.339 e. The molecule has 10 heteroatoms. The van der Waals surface area contributed by atoms with Crippen molar-refractivity contribution < 1.29 is 27.6 Å². The van der Waals surface area contributed by atoms with E-state index >= 15 is 0 Å². The molecule has 1 aliphatic heterocycles. The maximum absolute atomic E-state index is 13.0. The van der Waals surface area contributed by atoms with Crippen molar-refractivity contribution in [3.63, 3.8) is 0 Å². The van der Waals surface area contributed by atoms with Gasteiger partial charge in [-0.25, -0.2) is 0 Å². The zero-order valence-corrected chi connectivity index (χ0v) is 18.5. The number of benzene rings is 1. The summed E-state index contributed by atoms with van der Waals surface area (Å²) in [4.78, 5) is 41.7. The lowest BCUT2D eigenvalue weighted by Crippen LogP contribution is -2.57. The molecule has 2 aromatic rings. The second-order valence-electron chi connectivity index (χ2n) is 7.87. The largest absolute Gasteiger partial charge is 0.416 e. The third kappa shape index (κ3) is 5.48. The fourth-order valence-corrected chi connectivity index (χ4v) is 4.07. The van der Waals surface area contributed by atoms with Gasteiger partial charge in [-0.3, -0.25) is 14.4 Å². The molecule has 1 N–H and O–H groups in total. The number of thiophene rings is 1. The van der Waals surface area contributed by atoms with Crippen molar-refractivity contribution in [3.8, 4) is 0 Å². The Balaban J connectivity index is 1.59. The summed E-state index contributed by atoms with van der Waals surface area (Å²) in [7, 11) is 0. The van der Waals surface area contributed by atoms with Gasteiger partial charge in [0, 0.05) is 31.7 Å². The Labute approximate surface area is 188 Å². The molecule has 3 amide bonds. The number of carbonyl (C=O) groups excluding carboxylic acids is 3. The topological polar surface area (TPSA) is 69.7 Å². The highest BCUT2D eigenvalue weighted by molar-refractivity contribution is 7.12. The first-order chi connectivity index (χ1) is 15.1. The highest BCUT2D eigenvalue weighted by Crippen LogP contribution is 2.29. The van der Waals surface area contributed by atoms with Crippen LogP contribution >= 0.6 is 11.3 Å². The summed E-state index contributed by atoms with van der Waals surface area (Å²) >= 11 is 1.29. The van der Waals surface area contributed by atoms with Crippen molar-refractivity contribution in [2.24, 2.45) is 5.92 Å². The first-order valence-electron chi connectivity index (χ1n) is 10.2. The molecule has 172 valence electrons. The predicted octanol–water partition coefficient (Wildman–Crippen LogP) is 3.51. The number of nitrogens with zero attached hydrogens (tertiary/aromatic N) is 2. The number of alkyl halides is 3. The minimum atomic E-state index is -4.46. The Hall–Kier alpha value is -2.88. The molecule has 1 atom stereocenters. The van der Waals surface area contributed by atoms with E-state index in [-0.39, 0.29) is 55.4 Å². The van der Waals surface area contributed by atoms with E-state index in [0.717, 1.165) is 24.3 Å². The van der Waals surface area contributed by atoms with Crippen molar-refractivity contribution in [2.75, 3.05) is 26.2 Å². The van der Waals surface area contributed by atoms with Crippen molar-refractivity contribution in [1.82, 2.24) is 15.1 Å². The molecule has 0 radical (unpaired) electrons. The molecule has 2 heterocycles. The summed E-state index contributed by atoms with van der Waals surface area (Å²) in [6, 6.07) is 6.86. The number of carbonyl (C=O) groups is 3. The highest BCUT2D eigenvalue weighted by atomic mass is 32.1. The summed E-state index contributed by atoms with van der Waals surface area (Å²) in [5.41, 5.74) is -0.644. The van der Waals surface area contributed by atoms with Crippen molar-refractivity contribution in [3.05, 3.63) is 57.8 Å². The Morgan fingerprint density at radius 1 is 0.969 bits per heavy atom. The number of rotatable bonds is 5. The van der Waals surface area contributed by atoms with Crippen LogP contribution in [0.3, 0.4) is 0 Å². The van der Waals surface area contributed by atoms with Crippen LogP contribution in [0.4, 0.5) is 13.2 Å². The molecule has 0 spiro atoms. The average molecular weight is 468 g/mol. The van der Waals surface area contributed by atoms with Gasteiger partial charge in [-0.05, 0) is 41.6 Å². The fraction of sp³-hybridized carbons (Fsp3) is 0.409. The van der Waals surface area contributed by atoms with Crippen molar-refractivity contribution in [1.29, 1.82) is 0 Å². The van der Waals surface area contributed by atoms with Gasteiger partial charge in [0.05, 0.1) is 10.4 Å². The van der Waals surface area contributed by atoms with E-state index in [4.69, 9.17) is 0 Å². The summed E-state index contributed by atoms with van der Waals surface area (Å²) in [6.45, 7) is 4.78. The standard InChI is InChI=1S/C22H24F3N3O3S/c1-14(2)18(26-19(29)17-4-3-13-32-17)21(31)28-11-9-27(10-12-28)20(30)15-5-7-16(8-6-15)22(23,24)25/h3-8,13-14,18H,9-12H2,1-2H3,(H,26,29). The Bertz CT molecular complexity index is 951. The van der Waals surface area contributed by atoms with Gasteiger partial charge in [0.15, 0.2) is 0 Å². The van der Waals surface area contributed by atoms with Crippen LogP contribution in [-0.2, 0) is 11.0 Å². The summed E-state index contributed by atoms with van der Waals surface area (Å²) < 4.78 is 38.1. The summed E-state index contributed by atoms with van der Waals surface area (Å²) in [5, 5.41) is 4.59. The molecule has 3 rings (SSSR count). The van der Waals surface area contributed by atoms with Gasteiger partial charge >= 0.3 is 6.18 Å². The third-order valence-electron chi connectivity index (χ3n) is 5.30. The summed E-state index contributed by atoms with van der Waals surface area (Å²) in [6.07, 6.45) is -4.46. The van der Waals surface area contributed by atoms with Crippen LogP contribution in [0.5, 0.6) is 0 Å². The molecule has 0 saturated carbocycles. The molecule has 1 aliphatic rings. The molecular weight excluding hydrogens is 443 g/mol. The lowest BCUT2D eigenvalue weighted by molar-refractivity contribution is -0.137. The minimum Gasteiger partial charge on any atom is -0.339 e. The molecule has 0 bridgehead atoms. The van der Waals surface area contributed by atoms with Crippen LogP contribution < -0.4 is 5.32 Å². The molecule has 1 unspecified atom stereocenters. The van der Waals surface area contributed by atoms with E-state index in [0.29, 0.717) is 4.88 Å². The number of nitrogens with one attached hydrogen (secondary N) is 1. The zero-order chi connectivity index (χ0) is 23.5. The lowest BCUT2D eigenvalue weighted by Gasteiger charge is -2.37. The van der Waals surface area contributed by atoms with Crippen LogP contribution in [0.1, 0.15) is 39.4 Å². The SMILES string of the molecule is CC(C)C(NC(=O)c1cccs1)C(=O)N1CCN(C(=O)c2ccc(C(F)(F)F)cc2)CC1. The molecule has 1 aromatic carbocycles. The molecule has 0 aliphatic carbocycles. The zero-order valence-electron chi connectivity index (χ0n) is 17.7. The van der Waals surface area contributed by atoms with Gasteiger partial charge < -0.3 is 15.1 Å². The Morgan fingerprint density at radius 2 is 1.56 bits per heavy atom. The summed E-state index contributed by atoms with van der Waals surface area (Å²) in [5.74, 6) is -1.02. The van der Waals surface area contributed by atoms with Gasteiger partial charge in [0.2, 0.25) is 5.91 Å². The van der Waals surface area contributed by atoms with E-state index in [9.17, 15) is 27.6 Å². The highest BCUT2D eigenvalue weighted by Gasteiger charge is 2.33. The molecule has 1 aromatic heterocycles. The molecule has 1 fully saturated rings. The van der Waals surface area contributed by atoms with Crippen molar-refractivity contribution >= 4 is 29.1 Å². The van der Waals surface area contributed by atoms with Crippen molar-refractivity contribution in [2.45, 2.75) is 26.1 Å². The predicted molar refractivity (Wildman–Crippen MR) is 114 cm³/mol. The average Bonchev–Trinajstić information content (AvgIpc) is 3.31. The van der Waals surface area contributed by atoms with E-state index in [1.165, 1.54) is 16.2 Å². The van der Waals surface area contributed by atoms with E-state index < -0.39 is 17.8 Å². The number of piperazine rings is 1. The van der Waals surface area contributed by atoms with Gasteiger partial charge in [0.25, 0.3) is 11.8 Å². The first kappa shape index (κ1) is 23.8. The van der Waals surface area contributed by atoms with E-state index in [1.54, 1.807) is 22.4 Å².